The number of aryl methyl sites for hydroxylation is 2. The Kier molecular flexibility index (Phi) is 2.72. The number of hydrogen-bond acceptors (Lipinski definition) is 6. The Morgan fingerprint density at radius 1 is 1.33 bits per heavy atom. The van der Waals surface area contributed by atoms with Crippen LogP contribution in [0.3, 0.4) is 0 Å². The van der Waals surface area contributed by atoms with Crippen molar-refractivity contribution in [2.45, 2.75) is 19.6 Å². The van der Waals surface area contributed by atoms with Crippen molar-refractivity contribution in [3.05, 3.63) is 23.3 Å². The number of urea groups is 1. The van der Waals surface area contributed by atoms with Gasteiger partial charge in [-0.15, -0.1) is 0 Å². The van der Waals surface area contributed by atoms with Gasteiger partial charge in [0.2, 0.25) is 5.84 Å². The first-order valence-electron chi connectivity index (χ1n) is 6.01. The lowest BCUT2D eigenvalue weighted by Gasteiger charge is -2.40. The van der Waals surface area contributed by atoms with Gasteiger partial charge in [-0.05, 0) is 37.1 Å². The average Bonchev–Trinajstić information content (AvgIpc) is 2.43. The molecule has 0 fully saturated rings. The molecule has 0 bridgehead atoms. The molecule has 0 saturated carbocycles. The number of carbonyl (C=O) groups excluding carboxylic acids is 2. The molecule has 0 spiro atoms. The number of anilines is 2. The Balaban J connectivity index is 2.25. The first-order chi connectivity index (χ1) is 9.89. The van der Waals surface area contributed by atoms with Crippen LogP contribution in [0.5, 0.6) is 0 Å². The third-order valence-corrected chi connectivity index (χ3v) is 3.52. The molecule has 3 N–H and O–H groups in total. The molecule has 3 rings (SSSR count). The first kappa shape index (κ1) is 13.5. The standard InChI is InChI=1S/C12H11FN4O4/c1-5-3-7-8(4-6(5)2)17(13)9-12(16-7,21-20)10(18)15-11(19)14-9/h3-4,16,20H,1-2H3,(H,15,18,19). The van der Waals surface area contributed by atoms with Gasteiger partial charge in [-0.2, -0.15) is 15.0 Å². The molecule has 0 aliphatic carbocycles. The molecule has 2 aliphatic rings. The van der Waals surface area contributed by atoms with E-state index in [1.165, 1.54) is 6.07 Å². The minimum atomic E-state index is -2.31. The van der Waals surface area contributed by atoms with Crippen LogP contribution in [0.15, 0.2) is 17.1 Å². The summed E-state index contributed by atoms with van der Waals surface area (Å²) in [4.78, 5) is 30.8. The molecule has 9 heteroatoms. The van der Waals surface area contributed by atoms with Gasteiger partial charge in [-0.1, -0.05) is 4.48 Å². The number of imide groups is 1. The van der Waals surface area contributed by atoms with Crippen LogP contribution in [0.1, 0.15) is 11.1 Å². The fourth-order valence-electron chi connectivity index (χ4n) is 2.26. The number of nitrogens with one attached hydrogen (secondary N) is 2. The summed E-state index contributed by atoms with van der Waals surface area (Å²) in [7, 11) is 0. The van der Waals surface area contributed by atoms with Gasteiger partial charge in [0.15, 0.2) is 0 Å². The Bertz CT molecular complexity index is 705. The molecule has 3 amide bonds. The number of hydrogen-bond donors (Lipinski definition) is 3. The lowest BCUT2D eigenvalue weighted by molar-refractivity contribution is -0.284. The van der Waals surface area contributed by atoms with E-state index in [9.17, 15) is 14.1 Å². The minimum Gasteiger partial charge on any atom is -0.339 e. The molecule has 21 heavy (non-hydrogen) atoms. The van der Waals surface area contributed by atoms with Crippen LogP contribution in [-0.2, 0) is 9.68 Å². The predicted octanol–water partition coefficient (Wildman–Crippen LogP) is 1.25. The molecule has 1 unspecified atom stereocenters. The van der Waals surface area contributed by atoms with Gasteiger partial charge in [0.05, 0.1) is 11.4 Å². The molecular formula is C12H11FN4O4. The van der Waals surface area contributed by atoms with Crippen molar-refractivity contribution in [3.8, 4) is 0 Å². The summed E-state index contributed by atoms with van der Waals surface area (Å²) in [6, 6.07) is 2.08. The summed E-state index contributed by atoms with van der Waals surface area (Å²) in [5.41, 5.74) is -0.375. The zero-order chi connectivity index (χ0) is 15.4. The van der Waals surface area contributed by atoms with Gasteiger partial charge in [0.1, 0.15) is 0 Å². The van der Waals surface area contributed by atoms with E-state index >= 15 is 0 Å². The van der Waals surface area contributed by atoms with E-state index in [2.05, 4.69) is 15.2 Å². The number of rotatable bonds is 1. The zero-order valence-electron chi connectivity index (χ0n) is 11.1. The van der Waals surface area contributed by atoms with E-state index in [1.807, 2.05) is 5.32 Å². The van der Waals surface area contributed by atoms with Gasteiger partial charge >= 0.3 is 11.8 Å². The maximum Gasteiger partial charge on any atom is 0.349 e. The number of fused-ring (bicyclic) bond motifs is 2. The second-order valence-electron chi connectivity index (χ2n) is 4.83. The van der Waals surface area contributed by atoms with Crippen molar-refractivity contribution in [3.63, 3.8) is 0 Å². The summed E-state index contributed by atoms with van der Waals surface area (Å²) in [5.74, 6) is -1.75. The second-order valence-corrected chi connectivity index (χ2v) is 4.83. The first-order valence-corrected chi connectivity index (χ1v) is 6.01. The van der Waals surface area contributed by atoms with Crippen molar-refractivity contribution in [2.75, 3.05) is 10.4 Å². The number of halogens is 1. The monoisotopic (exact) mass is 294 g/mol. The molecule has 110 valence electrons. The van der Waals surface area contributed by atoms with Crippen LogP contribution in [0, 0.1) is 13.8 Å². The van der Waals surface area contributed by atoms with Crippen molar-refractivity contribution in [1.82, 2.24) is 5.32 Å². The Morgan fingerprint density at radius 3 is 2.67 bits per heavy atom. The SMILES string of the molecule is Cc1cc2c(cc1C)N(F)C1=NC(=O)NC(=O)C1(OO)N2. The maximum absolute atomic E-state index is 14.5. The third-order valence-electron chi connectivity index (χ3n) is 3.52. The average molecular weight is 294 g/mol. The highest BCUT2D eigenvalue weighted by atomic mass is 19.2. The smallest absolute Gasteiger partial charge is 0.339 e. The lowest BCUT2D eigenvalue weighted by Crippen LogP contribution is -2.68. The molecule has 0 aromatic heterocycles. The minimum absolute atomic E-state index is 0.0468. The maximum atomic E-state index is 14.5. The highest BCUT2D eigenvalue weighted by Gasteiger charge is 2.56. The van der Waals surface area contributed by atoms with E-state index in [-0.39, 0.29) is 16.5 Å². The van der Waals surface area contributed by atoms with Gasteiger partial charge < -0.3 is 5.32 Å². The number of amides is 3. The summed E-state index contributed by atoms with van der Waals surface area (Å²) in [6.07, 6.45) is 0. The van der Waals surface area contributed by atoms with Gasteiger partial charge in [-0.3, -0.25) is 10.1 Å². The van der Waals surface area contributed by atoms with Gasteiger partial charge in [0, 0.05) is 0 Å². The summed E-state index contributed by atoms with van der Waals surface area (Å²) < 4.78 is 14.5. The summed E-state index contributed by atoms with van der Waals surface area (Å²) in [6.45, 7) is 3.59. The summed E-state index contributed by atoms with van der Waals surface area (Å²) >= 11 is 0. The number of aliphatic imine (C=N–C) groups is 1. The molecule has 2 aliphatic heterocycles. The number of carbonyl (C=O) groups is 2. The molecule has 8 nitrogen and oxygen atoms in total. The Morgan fingerprint density at radius 2 is 2.00 bits per heavy atom. The molecule has 1 atom stereocenters. The zero-order valence-corrected chi connectivity index (χ0v) is 11.1. The molecule has 0 radical (unpaired) electrons. The Labute approximate surface area is 118 Å². The van der Waals surface area contributed by atoms with Crippen molar-refractivity contribution in [1.29, 1.82) is 0 Å². The highest BCUT2D eigenvalue weighted by Crippen LogP contribution is 2.39. The normalized spacial score (nSPS) is 23.8. The molecule has 1 aromatic rings. The molecule has 2 heterocycles. The topological polar surface area (TPSA) is 103 Å². The fourth-order valence-corrected chi connectivity index (χ4v) is 2.26. The van der Waals surface area contributed by atoms with Crippen LogP contribution in [0.25, 0.3) is 0 Å². The van der Waals surface area contributed by atoms with E-state index < -0.39 is 23.5 Å². The second kappa shape index (κ2) is 4.24. The highest BCUT2D eigenvalue weighted by molar-refractivity contribution is 6.28. The van der Waals surface area contributed by atoms with Crippen LogP contribution in [0.2, 0.25) is 0 Å². The van der Waals surface area contributed by atoms with Gasteiger partial charge in [-0.25, -0.2) is 10.1 Å². The molecular weight excluding hydrogens is 283 g/mol. The van der Waals surface area contributed by atoms with Crippen LogP contribution in [0.4, 0.5) is 20.7 Å². The van der Waals surface area contributed by atoms with Gasteiger partial charge in [0.25, 0.3) is 5.91 Å². The molecule has 1 aromatic carbocycles. The van der Waals surface area contributed by atoms with Crippen LogP contribution < -0.4 is 15.8 Å². The lowest BCUT2D eigenvalue weighted by atomic mass is 10.0. The Hall–Kier alpha value is -2.52. The third kappa shape index (κ3) is 1.71. The van der Waals surface area contributed by atoms with Crippen molar-refractivity contribution in [2.24, 2.45) is 4.99 Å². The van der Waals surface area contributed by atoms with E-state index in [0.29, 0.717) is 0 Å². The number of amidine groups is 1. The van der Waals surface area contributed by atoms with Crippen LogP contribution in [-0.4, -0.2) is 28.8 Å². The quantitative estimate of drug-likeness (QED) is 0.409. The number of nitrogens with zero attached hydrogens (tertiary/aromatic N) is 2. The number of benzene rings is 1. The fraction of sp³-hybridized carbons (Fsp3) is 0.250. The predicted molar refractivity (Wildman–Crippen MR) is 70.5 cm³/mol. The summed E-state index contributed by atoms with van der Waals surface area (Å²) in [5, 5.41) is 13.6. The van der Waals surface area contributed by atoms with Crippen molar-refractivity contribution >= 4 is 29.1 Å². The van der Waals surface area contributed by atoms with E-state index in [0.717, 1.165) is 11.1 Å². The molecule has 0 saturated heterocycles. The van der Waals surface area contributed by atoms with Crippen molar-refractivity contribution < 1.29 is 24.2 Å². The van der Waals surface area contributed by atoms with E-state index in [4.69, 9.17) is 5.26 Å². The van der Waals surface area contributed by atoms with E-state index in [1.54, 1.807) is 19.9 Å². The largest absolute Gasteiger partial charge is 0.349 e. The van der Waals surface area contributed by atoms with Crippen LogP contribution >= 0.6 is 0 Å².